The van der Waals surface area contributed by atoms with Gasteiger partial charge in [0.2, 0.25) is 5.95 Å². The molecule has 1 aromatic rings. The van der Waals surface area contributed by atoms with Crippen molar-refractivity contribution in [2.75, 3.05) is 5.32 Å². The summed E-state index contributed by atoms with van der Waals surface area (Å²) in [6.45, 7) is 6.90. The van der Waals surface area contributed by atoms with Gasteiger partial charge in [-0.3, -0.25) is 0 Å². The first-order valence-electron chi connectivity index (χ1n) is 6.72. The maximum absolute atomic E-state index is 4.38. The fourth-order valence-electron chi connectivity index (χ4n) is 2.71. The first kappa shape index (κ1) is 12.2. The Balaban J connectivity index is 1.95. The van der Waals surface area contributed by atoms with Gasteiger partial charge in [-0.05, 0) is 18.8 Å². The second-order valence-electron chi connectivity index (χ2n) is 4.97. The highest BCUT2D eigenvalue weighted by Gasteiger charge is 2.21. The molecule has 0 aromatic carbocycles. The van der Waals surface area contributed by atoms with E-state index in [1.165, 1.54) is 32.1 Å². The van der Waals surface area contributed by atoms with Crippen molar-refractivity contribution in [3.63, 3.8) is 0 Å². The normalized spacial score (nSPS) is 24.5. The van der Waals surface area contributed by atoms with Crippen LogP contribution in [0.3, 0.4) is 0 Å². The predicted molar refractivity (Wildman–Crippen MR) is 72.1 cm³/mol. The molecule has 3 nitrogen and oxygen atoms in total. The topological polar surface area (TPSA) is 29.9 Å². The molecule has 1 N–H and O–H groups in total. The van der Waals surface area contributed by atoms with Gasteiger partial charge >= 0.3 is 0 Å². The zero-order chi connectivity index (χ0) is 12.1. The molecule has 0 saturated heterocycles. The average molecular weight is 233 g/mol. The Morgan fingerprint density at radius 2 is 2.47 bits per heavy atom. The van der Waals surface area contributed by atoms with E-state index in [0.29, 0.717) is 6.04 Å². The minimum absolute atomic E-state index is 0.597. The van der Waals surface area contributed by atoms with Gasteiger partial charge in [0.15, 0.2) is 0 Å². The van der Waals surface area contributed by atoms with Crippen molar-refractivity contribution in [1.82, 2.24) is 9.55 Å². The Bertz CT molecular complexity index is 356. The van der Waals surface area contributed by atoms with Gasteiger partial charge in [-0.25, -0.2) is 4.98 Å². The number of hydrogen-bond donors (Lipinski definition) is 1. The molecule has 94 valence electrons. The van der Waals surface area contributed by atoms with Crippen molar-refractivity contribution in [2.24, 2.45) is 5.92 Å². The summed E-state index contributed by atoms with van der Waals surface area (Å²) in [6, 6.07) is 0.597. The van der Waals surface area contributed by atoms with E-state index in [4.69, 9.17) is 0 Å². The number of allylic oxidation sites excluding steroid dienone is 1. The van der Waals surface area contributed by atoms with Crippen LogP contribution in [0.15, 0.2) is 25.0 Å². The molecule has 2 unspecified atom stereocenters. The molecule has 1 saturated carbocycles. The minimum Gasteiger partial charge on any atom is -0.353 e. The summed E-state index contributed by atoms with van der Waals surface area (Å²) in [5.41, 5.74) is 0. The number of aromatic nitrogens is 2. The van der Waals surface area contributed by atoms with Crippen LogP contribution < -0.4 is 5.32 Å². The summed E-state index contributed by atoms with van der Waals surface area (Å²) in [7, 11) is 0. The van der Waals surface area contributed by atoms with Crippen LogP contribution in [-0.4, -0.2) is 15.6 Å². The van der Waals surface area contributed by atoms with Gasteiger partial charge in [-0.15, -0.1) is 6.58 Å². The van der Waals surface area contributed by atoms with Crippen LogP contribution in [-0.2, 0) is 6.54 Å². The molecule has 0 spiro atoms. The number of nitrogens with zero attached hydrogens (tertiary/aromatic N) is 2. The van der Waals surface area contributed by atoms with Crippen molar-refractivity contribution in [3.05, 3.63) is 25.0 Å². The van der Waals surface area contributed by atoms with Crippen LogP contribution >= 0.6 is 0 Å². The van der Waals surface area contributed by atoms with E-state index >= 15 is 0 Å². The van der Waals surface area contributed by atoms with Crippen LogP contribution in [0.5, 0.6) is 0 Å². The largest absolute Gasteiger partial charge is 0.353 e. The second-order valence-corrected chi connectivity index (χ2v) is 4.97. The molecule has 17 heavy (non-hydrogen) atoms. The van der Waals surface area contributed by atoms with Crippen LogP contribution in [0.4, 0.5) is 5.95 Å². The van der Waals surface area contributed by atoms with Crippen molar-refractivity contribution >= 4 is 5.95 Å². The first-order valence-corrected chi connectivity index (χ1v) is 6.72. The predicted octanol–water partition coefficient (Wildman–Crippen LogP) is 3.45. The van der Waals surface area contributed by atoms with Crippen molar-refractivity contribution < 1.29 is 0 Å². The van der Waals surface area contributed by atoms with Crippen LogP contribution in [0.1, 0.15) is 39.0 Å². The number of anilines is 1. The highest BCUT2D eigenvalue weighted by atomic mass is 15.2. The highest BCUT2D eigenvalue weighted by molar-refractivity contribution is 5.28. The summed E-state index contributed by atoms with van der Waals surface area (Å²) in [5, 5.41) is 3.58. The van der Waals surface area contributed by atoms with E-state index in [1.807, 2.05) is 18.5 Å². The van der Waals surface area contributed by atoms with Gasteiger partial charge in [0, 0.05) is 25.0 Å². The number of hydrogen-bond acceptors (Lipinski definition) is 2. The zero-order valence-electron chi connectivity index (χ0n) is 10.7. The van der Waals surface area contributed by atoms with E-state index in [1.54, 1.807) is 0 Å². The molecule has 2 rings (SSSR count). The summed E-state index contributed by atoms with van der Waals surface area (Å²) in [4.78, 5) is 4.38. The minimum atomic E-state index is 0.597. The third kappa shape index (κ3) is 3.11. The monoisotopic (exact) mass is 233 g/mol. The van der Waals surface area contributed by atoms with Crippen LogP contribution in [0.2, 0.25) is 0 Å². The summed E-state index contributed by atoms with van der Waals surface area (Å²) < 4.78 is 2.11. The molecule has 1 fully saturated rings. The Morgan fingerprint density at radius 3 is 3.24 bits per heavy atom. The SMILES string of the molecule is C=CCn1ccnc1NC1CCCC(CC)C1. The Kier molecular flexibility index (Phi) is 4.24. The molecule has 0 radical (unpaired) electrons. The van der Waals surface area contributed by atoms with E-state index in [2.05, 4.69) is 28.4 Å². The summed E-state index contributed by atoms with van der Waals surface area (Å²) in [6.07, 6.45) is 12.4. The van der Waals surface area contributed by atoms with Gasteiger partial charge in [-0.2, -0.15) is 0 Å². The molecule has 1 aromatic heterocycles. The van der Waals surface area contributed by atoms with Gasteiger partial charge in [0.1, 0.15) is 0 Å². The molecule has 3 heteroatoms. The van der Waals surface area contributed by atoms with Crippen molar-refractivity contribution in [2.45, 2.75) is 51.6 Å². The lowest BCUT2D eigenvalue weighted by atomic mass is 9.84. The van der Waals surface area contributed by atoms with E-state index in [0.717, 1.165) is 18.4 Å². The molecule has 1 aliphatic carbocycles. The van der Waals surface area contributed by atoms with Gasteiger partial charge < -0.3 is 9.88 Å². The molecule has 2 atom stereocenters. The quantitative estimate of drug-likeness (QED) is 0.789. The highest BCUT2D eigenvalue weighted by Crippen LogP contribution is 2.28. The van der Waals surface area contributed by atoms with Gasteiger partial charge in [0.05, 0.1) is 0 Å². The molecular formula is C14H23N3. The molecular weight excluding hydrogens is 210 g/mol. The molecule has 0 aliphatic heterocycles. The standard InChI is InChI=1S/C14H23N3/c1-3-9-17-10-8-15-14(17)16-13-7-5-6-12(4-2)11-13/h3,8,10,12-13H,1,4-7,9,11H2,2H3,(H,15,16). The van der Waals surface area contributed by atoms with Gasteiger partial charge in [0.25, 0.3) is 0 Å². The fourth-order valence-corrected chi connectivity index (χ4v) is 2.71. The van der Waals surface area contributed by atoms with E-state index in [9.17, 15) is 0 Å². The molecule has 1 aliphatic rings. The summed E-state index contributed by atoms with van der Waals surface area (Å²) in [5.74, 6) is 1.88. The third-order valence-electron chi connectivity index (χ3n) is 3.73. The Morgan fingerprint density at radius 1 is 1.59 bits per heavy atom. The lowest BCUT2D eigenvalue weighted by Crippen LogP contribution is -2.28. The number of imidazole rings is 1. The fraction of sp³-hybridized carbons (Fsp3) is 0.643. The molecule has 0 bridgehead atoms. The molecule has 1 heterocycles. The zero-order valence-corrected chi connectivity index (χ0v) is 10.7. The number of nitrogens with one attached hydrogen (secondary N) is 1. The Labute approximate surface area is 104 Å². The average Bonchev–Trinajstić information content (AvgIpc) is 2.78. The second kappa shape index (κ2) is 5.89. The van der Waals surface area contributed by atoms with Crippen LogP contribution in [0.25, 0.3) is 0 Å². The first-order chi connectivity index (χ1) is 8.33. The lowest BCUT2D eigenvalue weighted by molar-refractivity contribution is 0.326. The lowest BCUT2D eigenvalue weighted by Gasteiger charge is -2.29. The van der Waals surface area contributed by atoms with E-state index < -0.39 is 0 Å². The third-order valence-corrected chi connectivity index (χ3v) is 3.73. The molecule has 0 amide bonds. The summed E-state index contributed by atoms with van der Waals surface area (Å²) >= 11 is 0. The van der Waals surface area contributed by atoms with Crippen LogP contribution in [0, 0.1) is 5.92 Å². The van der Waals surface area contributed by atoms with E-state index in [-0.39, 0.29) is 0 Å². The maximum Gasteiger partial charge on any atom is 0.203 e. The maximum atomic E-state index is 4.38. The smallest absolute Gasteiger partial charge is 0.203 e. The number of rotatable bonds is 5. The Hall–Kier alpha value is -1.25. The van der Waals surface area contributed by atoms with Crippen molar-refractivity contribution in [1.29, 1.82) is 0 Å². The van der Waals surface area contributed by atoms with Crippen molar-refractivity contribution in [3.8, 4) is 0 Å². The van der Waals surface area contributed by atoms with Gasteiger partial charge in [-0.1, -0.05) is 32.3 Å².